The average Bonchev–Trinajstić information content (AvgIpc) is 2.40. The van der Waals surface area contributed by atoms with E-state index in [1.807, 2.05) is 7.11 Å². The van der Waals surface area contributed by atoms with Crippen LogP contribution >= 0.6 is 0 Å². The van der Waals surface area contributed by atoms with Crippen molar-refractivity contribution in [1.82, 2.24) is 10.2 Å². The van der Waals surface area contributed by atoms with Crippen molar-refractivity contribution in [2.24, 2.45) is 0 Å². The van der Waals surface area contributed by atoms with Crippen molar-refractivity contribution >= 4 is 0 Å². The summed E-state index contributed by atoms with van der Waals surface area (Å²) < 4.78 is 5.58. The monoisotopic (exact) mass is 254 g/mol. The molecule has 2 heterocycles. The molecule has 0 aliphatic carbocycles. The molecule has 18 heavy (non-hydrogen) atoms. The summed E-state index contributed by atoms with van der Waals surface area (Å²) in [6.07, 6.45) is 8.00. The minimum Gasteiger partial charge on any atom is -0.383 e. The Hall–Kier alpha value is -0.120. The topological polar surface area (TPSA) is 24.5 Å². The SMILES string of the molecule is COCC1(C2CCCCN2C(C)C)CCCCN1. The lowest BCUT2D eigenvalue weighted by molar-refractivity contribution is -0.0166. The van der Waals surface area contributed by atoms with Crippen LogP contribution in [0.4, 0.5) is 0 Å². The first kappa shape index (κ1) is 14.3. The Morgan fingerprint density at radius 3 is 2.72 bits per heavy atom. The fourth-order valence-corrected chi connectivity index (χ4v) is 3.92. The van der Waals surface area contributed by atoms with Crippen LogP contribution in [0.5, 0.6) is 0 Å². The second-order valence-corrected chi connectivity index (χ2v) is 6.32. The lowest BCUT2D eigenvalue weighted by atomic mass is 9.77. The zero-order valence-electron chi connectivity index (χ0n) is 12.4. The third-order valence-corrected chi connectivity index (χ3v) is 4.77. The highest BCUT2D eigenvalue weighted by Gasteiger charge is 2.44. The van der Waals surface area contributed by atoms with Gasteiger partial charge >= 0.3 is 0 Å². The summed E-state index contributed by atoms with van der Waals surface area (Å²) in [7, 11) is 1.85. The first-order valence-corrected chi connectivity index (χ1v) is 7.69. The maximum Gasteiger partial charge on any atom is 0.0659 e. The highest BCUT2D eigenvalue weighted by Crippen LogP contribution is 2.33. The third kappa shape index (κ3) is 2.89. The highest BCUT2D eigenvalue weighted by molar-refractivity contribution is 5.03. The van der Waals surface area contributed by atoms with Gasteiger partial charge in [0.1, 0.15) is 0 Å². The van der Waals surface area contributed by atoms with Crippen molar-refractivity contribution < 1.29 is 4.74 Å². The van der Waals surface area contributed by atoms with Gasteiger partial charge in [0.2, 0.25) is 0 Å². The van der Waals surface area contributed by atoms with E-state index >= 15 is 0 Å². The van der Waals surface area contributed by atoms with Crippen LogP contribution in [0.25, 0.3) is 0 Å². The van der Waals surface area contributed by atoms with E-state index in [1.54, 1.807) is 0 Å². The number of hydrogen-bond acceptors (Lipinski definition) is 3. The van der Waals surface area contributed by atoms with Crippen LogP contribution in [0.3, 0.4) is 0 Å². The van der Waals surface area contributed by atoms with E-state index in [4.69, 9.17) is 4.74 Å². The van der Waals surface area contributed by atoms with Crippen LogP contribution < -0.4 is 5.32 Å². The van der Waals surface area contributed by atoms with Crippen LogP contribution in [0.15, 0.2) is 0 Å². The van der Waals surface area contributed by atoms with E-state index in [-0.39, 0.29) is 5.54 Å². The van der Waals surface area contributed by atoms with Gasteiger partial charge in [0, 0.05) is 19.2 Å². The molecule has 2 saturated heterocycles. The fourth-order valence-electron chi connectivity index (χ4n) is 3.92. The molecule has 2 fully saturated rings. The van der Waals surface area contributed by atoms with Gasteiger partial charge in [-0.05, 0) is 52.6 Å². The summed E-state index contributed by atoms with van der Waals surface area (Å²) in [6, 6.07) is 1.30. The quantitative estimate of drug-likeness (QED) is 0.834. The molecular weight excluding hydrogens is 224 g/mol. The molecule has 2 aliphatic heterocycles. The van der Waals surface area contributed by atoms with Gasteiger partial charge in [0.15, 0.2) is 0 Å². The van der Waals surface area contributed by atoms with Crippen LogP contribution in [-0.2, 0) is 4.74 Å². The van der Waals surface area contributed by atoms with Crippen LogP contribution in [0.1, 0.15) is 52.4 Å². The van der Waals surface area contributed by atoms with Crippen LogP contribution in [0, 0.1) is 0 Å². The minimum atomic E-state index is 0.206. The van der Waals surface area contributed by atoms with Gasteiger partial charge in [-0.2, -0.15) is 0 Å². The molecule has 0 saturated carbocycles. The van der Waals surface area contributed by atoms with Gasteiger partial charge in [-0.3, -0.25) is 4.90 Å². The Bertz CT molecular complexity index is 243. The summed E-state index contributed by atoms with van der Waals surface area (Å²) in [6.45, 7) is 7.95. The first-order chi connectivity index (χ1) is 8.69. The molecule has 0 amide bonds. The van der Waals surface area contributed by atoms with Gasteiger partial charge < -0.3 is 10.1 Å². The largest absolute Gasteiger partial charge is 0.383 e. The van der Waals surface area contributed by atoms with Gasteiger partial charge in [0.25, 0.3) is 0 Å². The van der Waals surface area contributed by atoms with Crippen molar-refractivity contribution in [3.63, 3.8) is 0 Å². The molecule has 2 unspecified atom stereocenters. The number of likely N-dealkylation sites (tertiary alicyclic amines) is 1. The number of nitrogens with zero attached hydrogens (tertiary/aromatic N) is 1. The van der Waals surface area contributed by atoms with Crippen molar-refractivity contribution in [2.45, 2.75) is 70.0 Å². The molecule has 0 spiro atoms. The van der Waals surface area contributed by atoms with Gasteiger partial charge in [0.05, 0.1) is 12.1 Å². The number of nitrogens with one attached hydrogen (secondary N) is 1. The van der Waals surface area contributed by atoms with Gasteiger partial charge in [-0.15, -0.1) is 0 Å². The number of methoxy groups -OCH3 is 1. The van der Waals surface area contributed by atoms with E-state index < -0.39 is 0 Å². The molecule has 2 rings (SSSR count). The Morgan fingerprint density at radius 2 is 2.11 bits per heavy atom. The predicted molar refractivity (Wildman–Crippen MR) is 75.9 cm³/mol. The molecule has 0 bridgehead atoms. The van der Waals surface area contributed by atoms with E-state index in [9.17, 15) is 0 Å². The Morgan fingerprint density at radius 1 is 1.28 bits per heavy atom. The van der Waals surface area contributed by atoms with E-state index in [1.165, 1.54) is 45.1 Å². The summed E-state index contributed by atoms with van der Waals surface area (Å²) in [5, 5.41) is 3.82. The molecule has 106 valence electrons. The average molecular weight is 254 g/mol. The molecular formula is C15H30N2O. The number of ether oxygens (including phenoxy) is 1. The lowest BCUT2D eigenvalue weighted by Crippen LogP contribution is -2.66. The number of hydrogen-bond donors (Lipinski definition) is 1. The Balaban J connectivity index is 2.16. The fraction of sp³-hybridized carbons (Fsp3) is 1.00. The molecule has 0 aromatic heterocycles. The number of piperidine rings is 2. The molecule has 3 nitrogen and oxygen atoms in total. The number of rotatable bonds is 4. The van der Waals surface area contributed by atoms with Gasteiger partial charge in [-0.1, -0.05) is 12.8 Å². The van der Waals surface area contributed by atoms with Crippen molar-refractivity contribution in [1.29, 1.82) is 0 Å². The second-order valence-electron chi connectivity index (χ2n) is 6.32. The zero-order chi connectivity index (χ0) is 13.0. The summed E-state index contributed by atoms with van der Waals surface area (Å²) in [5.41, 5.74) is 0.206. The maximum absolute atomic E-state index is 5.58. The highest BCUT2D eigenvalue weighted by atomic mass is 16.5. The minimum absolute atomic E-state index is 0.206. The smallest absolute Gasteiger partial charge is 0.0659 e. The van der Waals surface area contributed by atoms with Crippen molar-refractivity contribution in [3.05, 3.63) is 0 Å². The van der Waals surface area contributed by atoms with Crippen molar-refractivity contribution in [2.75, 3.05) is 26.8 Å². The predicted octanol–water partition coefficient (Wildman–Crippen LogP) is 2.41. The molecule has 2 aliphatic rings. The van der Waals surface area contributed by atoms with E-state index in [0.717, 1.165) is 13.2 Å². The first-order valence-electron chi connectivity index (χ1n) is 7.69. The summed E-state index contributed by atoms with van der Waals surface area (Å²) in [5.74, 6) is 0. The van der Waals surface area contributed by atoms with E-state index in [0.29, 0.717) is 12.1 Å². The molecule has 1 N–H and O–H groups in total. The molecule has 0 aromatic carbocycles. The maximum atomic E-state index is 5.58. The lowest BCUT2D eigenvalue weighted by Gasteiger charge is -2.52. The standard InChI is InChI=1S/C15H30N2O/c1-13(2)17-11-7-4-8-14(17)15(12-18-3)9-5-6-10-16-15/h13-14,16H,4-12H2,1-3H3. The Kier molecular flexibility index (Phi) is 5.05. The van der Waals surface area contributed by atoms with Crippen molar-refractivity contribution in [3.8, 4) is 0 Å². The third-order valence-electron chi connectivity index (χ3n) is 4.77. The van der Waals surface area contributed by atoms with Crippen LogP contribution in [0.2, 0.25) is 0 Å². The molecule has 0 aromatic rings. The molecule has 0 radical (unpaired) electrons. The van der Waals surface area contributed by atoms with E-state index in [2.05, 4.69) is 24.1 Å². The van der Waals surface area contributed by atoms with Crippen LogP contribution in [-0.4, -0.2) is 49.3 Å². The second kappa shape index (κ2) is 6.36. The summed E-state index contributed by atoms with van der Waals surface area (Å²) >= 11 is 0. The normalized spacial score (nSPS) is 35.0. The molecule has 3 heteroatoms. The van der Waals surface area contributed by atoms with Gasteiger partial charge in [-0.25, -0.2) is 0 Å². The zero-order valence-corrected chi connectivity index (χ0v) is 12.4. The summed E-state index contributed by atoms with van der Waals surface area (Å²) in [4.78, 5) is 2.71. The Labute approximate surface area is 112 Å². The molecule has 2 atom stereocenters.